The van der Waals surface area contributed by atoms with E-state index < -0.39 is 27.6 Å². The smallest absolute Gasteiger partial charge is 0.338 e. The molecule has 18 heavy (non-hydrogen) atoms. The van der Waals surface area contributed by atoms with Crippen LogP contribution in [0, 0.1) is 5.82 Å². The van der Waals surface area contributed by atoms with Crippen LogP contribution < -0.4 is 9.44 Å². The van der Waals surface area contributed by atoms with Crippen molar-refractivity contribution in [3.8, 4) is 0 Å². The van der Waals surface area contributed by atoms with Crippen LogP contribution >= 0.6 is 0 Å². The third kappa shape index (κ3) is 3.97. The van der Waals surface area contributed by atoms with E-state index in [0.717, 1.165) is 12.1 Å². The van der Waals surface area contributed by atoms with Gasteiger partial charge < -0.3 is 5.11 Å². The van der Waals surface area contributed by atoms with Crippen LogP contribution in [0.25, 0.3) is 0 Å². The molecule has 0 radical (unpaired) electrons. The molecule has 1 rings (SSSR count). The predicted molar refractivity (Wildman–Crippen MR) is 64.2 cm³/mol. The van der Waals surface area contributed by atoms with E-state index in [4.69, 9.17) is 5.11 Å². The lowest BCUT2D eigenvalue weighted by atomic mass is 10.2. The summed E-state index contributed by atoms with van der Waals surface area (Å²) in [5.41, 5.74) is -0.569. The first-order valence-electron chi connectivity index (χ1n) is 5.04. The van der Waals surface area contributed by atoms with Crippen molar-refractivity contribution in [2.45, 2.75) is 19.9 Å². The Labute approximate surface area is 104 Å². The van der Waals surface area contributed by atoms with Crippen LogP contribution in [-0.4, -0.2) is 25.5 Å². The fraction of sp³-hybridized carbons (Fsp3) is 0.300. The number of aromatic carboxylic acids is 1. The molecule has 6 nitrogen and oxygen atoms in total. The van der Waals surface area contributed by atoms with Crippen molar-refractivity contribution in [2.75, 3.05) is 4.72 Å². The molecule has 0 amide bonds. The van der Waals surface area contributed by atoms with Crippen LogP contribution in [0.4, 0.5) is 10.1 Å². The van der Waals surface area contributed by atoms with Gasteiger partial charge in [0.2, 0.25) is 0 Å². The zero-order valence-corrected chi connectivity index (χ0v) is 10.6. The average molecular weight is 276 g/mol. The molecule has 0 saturated carbocycles. The number of carboxylic acid groups (broad SMARTS) is 1. The minimum Gasteiger partial charge on any atom is -0.478 e. The summed E-state index contributed by atoms with van der Waals surface area (Å²) in [5.74, 6) is -2.42. The van der Waals surface area contributed by atoms with Gasteiger partial charge in [-0.2, -0.15) is 13.1 Å². The number of carbonyl (C=O) groups is 1. The first-order valence-corrected chi connectivity index (χ1v) is 6.52. The SMILES string of the molecule is CC(C)NS(=O)(=O)Nc1ccc(C(=O)O)c(F)c1. The fourth-order valence-electron chi connectivity index (χ4n) is 1.25. The molecule has 8 heteroatoms. The minimum absolute atomic E-state index is 0.0503. The Morgan fingerprint density at radius 3 is 2.44 bits per heavy atom. The van der Waals surface area contributed by atoms with Gasteiger partial charge in [0.05, 0.1) is 11.3 Å². The second-order valence-electron chi connectivity index (χ2n) is 3.88. The summed E-state index contributed by atoms with van der Waals surface area (Å²) in [5, 5.41) is 8.62. The van der Waals surface area contributed by atoms with E-state index >= 15 is 0 Å². The molecule has 0 aliphatic heterocycles. The van der Waals surface area contributed by atoms with Crippen molar-refractivity contribution in [1.82, 2.24) is 4.72 Å². The third-order valence-corrected chi connectivity index (χ3v) is 3.13. The van der Waals surface area contributed by atoms with Crippen LogP contribution in [0.5, 0.6) is 0 Å². The van der Waals surface area contributed by atoms with Gasteiger partial charge in [-0.05, 0) is 32.0 Å². The third-order valence-electron chi connectivity index (χ3n) is 1.84. The molecule has 0 atom stereocenters. The Kier molecular flexibility index (Phi) is 4.25. The van der Waals surface area contributed by atoms with Gasteiger partial charge in [0.1, 0.15) is 5.82 Å². The van der Waals surface area contributed by atoms with E-state index in [1.54, 1.807) is 13.8 Å². The number of halogens is 1. The zero-order valence-electron chi connectivity index (χ0n) is 9.77. The molecule has 0 fully saturated rings. The van der Waals surface area contributed by atoms with Gasteiger partial charge in [-0.1, -0.05) is 0 Å². The topological polar surface area (TPSA) is 95.5 Å². The molecule has 0 aromatic heterocycles. The van der Waals surface area contributed by atoms with Gasteiger partial charge >= 0.3 is 5.97 Å². The van der Waals surface area contributed by atoms with Crippen LogP contribution in [-0.2, 0) is 10.2 Å². The normalized spacial score (nSPS) is 11.6. The van der Waals surface area contributed by atoms with Crippen LogP contribution in [0.15, 0.2) is 18.2 Å². The molecule has 0 aliphatic rings. The monoisotopic (exact) mass is 276 g/mol. The standard InChI is InChI=1S/C10H13FN2O4S/c1-6(2)12-18(16,17)13-7-3-4-8(10(14)15)9(11)5-7/h3-6,12-13H,1-2H3,(H,14,15). The summed E-state index contributed by atoms with van der Waals surface area (Å²) in [4.78, 5) is 10.6. The van der Waals surface area contributed by atoms with E-state index in [1.165, 1.54) is 6.07 Å². The lowest BCUT2D eigenvalue weighted by molar-refractivity contribution is 0.0692. The molecule has 100 valence electrons. The number of carboxylic acids is 1. The van der Waals surface area contributed by atoms with Crippen molar-refractivity contribution < 1.29 is 22.7 Å². The van der Waals surface area contributed by atoms with Crippen molar-refractivity contribution in [2.24, 2.45) is 0 Å². The van der Waals surface area contributed by atoms with E-state index in [2.05, 4.69) is 9.44 Å². The lowest BCUT2D eigenvalue weighted by Crippen LogP contribution is -2.35. The summed E-state index contributed by atoms with van der Waals surface area (Å²) in [6.45, 7) is 3.26. The fourth-order valence-corrected chi connectivity index (χ4v) is 2.36. The van der Waals surface area contributed by atoms with Gasteiger partial charge in [-0.15, -0.1) is 0 Å². The molecule has 1 aromatic rings. The van der Waals surface area contributed by atoms with Gasteiger partial charge in [0, 0.05) is 6.04 Å². The molecule has 0 heterocycles. The Hall–Kier alpha value is -1.67. The number of hydrogen-bond acceptors (Lipinski definition) is 3. The van der Waals surface area contributed by atoms with Crippen LogP contribution in [0.3, 0.4) is 0 Å². The molecule has 0 aliphatic carbocycles. The number of rotatable bonds is 5. The quantitative estimate of drug-likeness (QED) is 0.752. The summed E-state index contributed by atoms with van der Waals surface area (Å²) >= 11 is 0. The maximum absolute atomic E-state index is 13.3. The van der Waals surface area contributed by atoms with Crippen molar-refractivity contribution in [3.63, 3.8) is 0 Å². The van der Waals surface area contributed by atoms with Crippen molar-refractivity contribution in [3.05, 3.63) is 29.6 Å². The van der Waals surface area contributed by atoms with Gasteiger partial charge in [0.15, 0.2) is 0 Å². The number of nitrogens with one attached hydrogen (secondary N) is 2. The summed E-state index contributed by atoms with van der Waals surface area (Å²) in [7, 11) is -3.80. The number of hydrogen-bond donors (Lipinski definition) is 3. The maximum atomic E-state index is 13.3. The summed E-state index contributed by atoms with van der Waals surface area (Å²) in [6.07, 6.45) is 0. The Morgan fingerprint density at radius 2 is 2.00 bits per heavy atom. The highest BCUT2D eigenvalue weighted by molar-refractivity contribution is 7.90. The van der Waals surface area contributed by atoms with E-state index in [-0.39, 0.29) is 11.7 Å². The van der Waals surface area contributed by atoms with Gasteiger partial charge in [-0.3, -0.25) is 4.72 Å². The van der Waals surface area contributed by atoms with E-state index in [9.17, 15) is 17.6 Å². The highest BCUT2D eigenvalue weighted by atomic mass is 32.2. The van der Waals surface area contributed by atoms with E-state index in [1.807, 2.05) is 0 Å². The van der Waals surface area contributed by atoms with Crippen molar-refractivity contribution in [1.29, 1.82) is 0 Å². The Balaban J connectivity index is 2.94. The molecular weight excluding hydrogens is 263 g/mol. The van der Waals surface area contributed by atoms with E-state index in [0.29, 0.717) is 0 Å². The first kappa shape index (κ1) is 14.4. The molecule has 1 aromatic carbocycles. The lowest BCUT2D eigenvalue weighted by Gasteiger charge is -2.11. The first-order chi connectivity index (χ1) is 8.21. The number of benzene rings is 1. The minimum atomic E-state index is -3.80. The average Bonchev–Trinajstić information content (AvgIpc) is 2.13. The number of anilines is 1. The molecular formula is C10H13FN2O4S. The highest BCUT2D eigenvalue weighted by Gasteiger charge is 2.14. The Bertz CT molecular complexity index is 557. The maximum Gasteiger partial charge on any atom is 0.338 e. The van der Waals surface area contributed by atoms with Crippen LogP contribution in [0.1, 0.15) is 24.2 Å². The van der Waals surface area contributed by atoms with Gasteiger partial charge in [0.25, 0.3) is 10.2 Å². The van der Waals surface area contributed by atoms with Crippen LogP contribution in [0.2, 0.25) is 0 Å². The molecule has 0 unspecified atom stereocenters. The molecule has 3 N–H and O–H groups in total. The summed E-state index contributed by atoms with van der Waals surface area (Å²) < 4.78 is 40.6. The molecule has 0 saturated heterocycles. The van der Waals surface area contributed by atoms with Crippen molar-refractivity contribution >= 4 is 21.9 Å². The summed E-state index contributed by atoms with van der Waals surface area (Å²) in [6, 6.07) is 2.66. The van der Waals surface area contributed by atoms with Gasteiger partial charge in [-0.25, -0.2) is 9.18 Å². The predicted octanol–water partition coefficient (Wildman–Crippen LogP) is 1.18. The second-order valence-corrected chi connectivity index (χ2v) is 5.32. The largest absolute Gasteiger partial charge is 0.478 e. The second kappa shape index (κ2) is 5.32. The zero-order chi connectivity index (χ0) is 13.9. The Morgan fingerprint density at radius 1 is 1.39 bits per heavy atom. The molecule has 0 bridgehead atoms. The molecule has 0 spiro atoms. The highest BCUT2D eigenvalue weighted by Crippen LogP contribution is 2.15.